The lowest BCUT2D eigenvalue weighted by atomic mass is 10.0. The van der Waals surface area contributed by atoms with Gasteiger partial charge in [-0.25, -0.2) is 0 Å². The lowest BCUT2D eigenvalue weighted by Crippen LogP contribution is -2.11. The summed E-state index contributed by atoms with van der Waals surface area (Å²) >= 11 is 3.43. The van der Waals surface area contributed by atoms with Crippen molar-refractivity contribution in [2.24, 2.45) is 0 Å². The quantitative estimate of drug-likeness (QED) is 0.858. The lowest BCUT2D eigenvalue weighted by molar-refractivity contribution is 0.830. The highest BCUT2D eigenvalue weighted by Gasteiger charge is 2.09. The Morgan fingerprint density at radius 2 is 2.05 bits per heavy atom. The fourth-order valence-corrected chi connectivity index (χ4v) is 2.94. The summed E-state index contributed by atoms with van der Waals surface area (Å²) in [7, 11) is 0. The highest BCUT2D eigenvalue weighted by atomic mass is 79.9. The van der Waals surface area contributed by atoms with Crippen LogP contribution in [0.5, 0.6) is 0 Å². The molecule has 0 fully saturated rings. The third kappa shape index (κ3) is 2.78. The highest BCUT2D eigenvalue weighted by Crippen LogP contribution is 2.28. The van der Waals surface area contributed by atoms with Crippen molar-refractivity contribution in [3.05, 3.63) is 52.0 Å². The minimum Gasteiger partial charge on any atom is -0.385 e. The van der Waals surface area contributed by atoms with Crippen molar-refractivity contribution in [1.82, 2.24) is 0 Å². The second-order valence-electron chi connectivity index (χ2n) is 4.87. The molecule has 1 aliphatic heterocycles. The second-order valence-corrected chi connectivity index (χ2v) is 5.78. The number of benzene rings is 2. The molecule has 0 bridgehead atoms. The molecule has 2 aromatic carbocycles. The van der Waals surface area contributed by atoms with Gasteiger partial charge in [0.2, 0.25) is 0 Å². The standard InChI is InChI=1S/C16H14BrN3/c17-13-6-11(10-18)7-15(9-13)20-14-3-4-16-12(8-14)2-1-5-19-16/h3-4,6-9,19-20H,1-2,5H2. The number of anilines is 3. The fourth-order valence-electron chi connectivity index (χ4n) is 2.45. The summed E-state index contributed by atoms with van der Waals surface area (Å²) in [5, 5.41) is 15.8. The summed E-state index contributed by atoms with van der Waals surface area (Å²) in [6.07, 6.45) is 2.28. The Morgan fingerprint density at radius 3 is 2.90 bits per heavy atom. The van der Waals surface area contributed by atoms with E-state index in [1.165, 1.54) is 17.7 Å². The second kappa shape index (κ2) is 5.56. The van der Waals surface area contributed by atoms with Gasteiger partial charge in [-0.1, -0.05) is 15.9 Å². The SMILES string of the molecule is N#Cc1cc(Br)cc(Nc2ccc3c(c2)CCCN3)c1. The Balaban J connectivity index is 1.88. The van der Waals surface area contributed by atoms with E-state index in [0.717, 1.165) is 28.8 Å². The molecule has 3 nitrogen and oxygen atoms in total. The third-order valence-electron chi connectivity index (χ3n) is 3.36. The van der Waals surface area contributed by atoms with Crippen LogP contribution in [0, 0.1) is 11.3 Å². The number of aryl methyl sites for hydroxylation is 1. The van der Waals surface area contributed by atoms with Gasteiger partial charge in [0.1, 0.15) is 0 Å². The molecular formula is C16H14BrN3. The molecule has 20 heavy (non-hydrogen) atoms. The van der Waals surface area contributed by atoms with Crippen molar-refractivity contribution < 1.29 is 0 Å². The van der Waals surface area contributed by atoms with Gasteiger partial charge in [0.05, 0.1) is 11.6 Å². The third-order valence-corrected chi connectivity index (χ3v) is 3.82. The zero-order valence-electron chi connectivity index (χ0n) is 10.9. The summed E-state index contributed by atoms with van der Waals surface area (Å²) in [5.74, 6) is 0. The summed E-state index contributed by atoms with van der Waals surface area (Å²) in [6.45, 7) is 1.05. The Kier molecular flexibility index (Phi) is 3.62. The molecular weight excluding hydrogens is 314 g/mol. The van der Waals surface area contributed by atoms with Gasteiger partial charge in [-0.3, -0.25) is 0 Å². The van der Waals surface area contributed by atoms with Crippen molar-refractivity contribution in [2.45, 2.75) is 12.8 Å². The maximum Gasteiger partial charge on any atom is 0.0992 e. The molecule has 0 aliphatic carbocycles. The van der Waals surface area contributed by atoms with E-state index in [2.05, 4.69) is 50.8 Å². The highest BCUT2D eigenvalue weighted by molar-refractivity contribution is 9.10. The molecule has 0 spiro atoms. The van der Waals surface area contributed by atoms with Gasteiger partial charge in [-0.15, -0.1) is 0 Å². The molecule has 2 N–H and O–H groups in total. The van der Waals surface area contributed by atoms with Gasteiger partial charge < -0.3 is 10.6 Å². The van der Waals surface area contributed by atoms with Crippen LogP contribution >= 0.6 is 15.9 Å². The monoisotopic (exact) mass is 327 g/mol. The van der Waals surface area contributed by atoms with E-state index in [-0.39, 0.29) is 0 Å². The van der Waals surface area contributed by atoms with Crippen LogP contribution in [0.3, 0.4) is 0 Å². The van der Waals surface area contributed by atoms with Crippen molar-refractivity contribution in [1.29, 1.82) is 5.26 Å². The van der Waals surface area contributed by atoms with Crippen molar-refractivity contribution in [3.63, 3.8) is 0 Å². The van der Waals surface area contributed by atoms with Gasteiger partial charge in [0.15, 0.2) is 0 Å². The van der Waals surface area contributed by atoms with E-state index in [0.29, 0.717) is 5.56 Å². The predicted octanol–water partition coefficient (Wildman–Crippen LogP) is 4.42. The van der Waals surface area contributed by atoms with E-state index in [4.69, 9.17) is 5.26 Å². The normalized spacial score (nSPS) is 13.0. The first kappa shape index (κ1) is 13.0. The van der Waals surface area contributed by atoms with Crippen LogP contribution in [0.4, 0.5) is 17.1 Å². The topological polar surface area (TPSA) is 47.9 Å². The first-order valence-electron chi connectivity index (χ1n) is 6.59. The molecule has 3 rings (SSSR count). The van der Waals surface area contributed by atoms with Gasteiger partial charge in [0, 0.05) is 28.1 Å². The Morgan fingerprint density at radius 1 is 1.15 bits per heavy atom. The Bertz CT molecular complexity index is 689. The summed E-state index contributed by atoms with van der Waals surface area (Å²) in [4.78, 5) is 0. The number of fused-ring (bicyclic) bond motifs is 1. The van der Waals surface area contributed by atoms with Crippen molar-refractivity contribution >= 4 is 33.0 Å². The number of hydrogen-bond acceptors (Lipinski definition) is 3. The maximum atomic E-state index is 9.00. The average molecular weight is 328 g/mol. The number of nitrogens with zero attached hydrogens (tertiary/aromatic N) is 1. The minimum atomic E-state index is 0.640. The molecule has 2 aromatic rings. The molecule has 0 saturated heterocycles. The maximum absolute atomic E-state index is 9.00. The van der Waals surface area contributed by atoms with Crippen LogP contribution in [-0.4, -0.2) is 6.54 Å². The van der Waals surface area contributed by atoms with Crippen LogP contribution in [0.15, 0.2) is 40.9 Å². The van der Waals surface area contributed by atoms with Gasteiger partial charge in [-0.05, 0) is 54.8 Å². The predicted molar refractivity (Wildman–Crippen MR) is 85.4 cm³/mol. The zero-order chi connectivity index (χ0) is 13.9. The Hall–Kier alpha value is -1.99. The van der Waals surface area contributed by atoms with Crippen LogP contribution < -0.4 is 10.6 Å². The smallest absolute Gasteiger partial charge is 0.0992 e. The van der Waals surface area contributed by atoms with Crippen LogP contribution in [0.1, 0.15) is 17.5 Å². The van der Waals surface area contributed by atoms with Crippen LogP contribution in [0.25, 0.3) is 0 Å². The van der Waals surface area contributed by atoms with Crippen molar-refractivity contribution in [3.8, 4) is 6.07 Å². The Labute approximate surface area is 126 Å². The molecule has 0 atom stereocenters. The summed E-state index contributed by atoms with van der Waals surface area (Å²) < 4.78 is 0.902. The number of rotatable bonds is 2. The molecule has 4 heteroatoms. The molecule has 0 aromatic heterocycles. The first-order valence-corrected chi connectivity index (χ1v) is 7.38. The van der Waals surface area contributed by atoms with Gasteiger partial charge in [0.25, 0.3) is 0 Å². The largest absolute Gasteiger partial charge is 0.385 e. The number of halogens is 1. The molecule has 100 valence electrons. The van der Waals surface area contributed by atoms with Gasteiger partial charge in [-0.2, -0.15) is 5.26 Å². The number of nitrogens with one attached hydrogen (secondary N) is 2. The summed E-state index contributed by atoms with van der Waals surface area (Å²) in [5.41, 5.74) is 5.18. The van der Waals surface area contributed by atoms with Gasteiger partial charge >= 0.3 is 0 Å². The molecule has 0 unspecified atom stereocenters. The zero-order valence-corrected chi connectivity index (χ0v) is 12.5. The summed E-state index contributed by atoms with van der Waals surface area (Å²) in [6, 6.07) is 14.1. The van der Waals surface area contributed by atoms with E-state index in [1.54, 1.807) is 0 Å². The number of hydrogen-bond donors (Lipinski definition) is 2. The van der Waals surface area contributed by atoms with E-state index in [1.807, 2.05) is 18.2 Å². The molecule has 0 amide bonds. The number of nitriles is 1. The lowest BCUT2D eigenvalue weighted by Gasteiger charge is -2.19. The molecule has 1 heterocycles. The minimum absolute atomic E-state index is 0.640. The van der Waals surface area contributed by atoms with Crippen LogP contribution in [0.2, 0.25) is 0 Å². The first-order chi connectivity index (χ1) is 9.74. The van der Waals surface area contributed by atoms with Crippen LogP contribution in [-0.2, 0) is 6.42 Å². The molecule has 0 saturated carbocycles. The molecule has 1 aliphatic rings. The molecule has 0 radical (unpaired) electrons. The average Bonchev–Trinajstić information content (AvgIpc) is 2.46. The fraction of sp³-hybridized carbons (Fsp3) is 0.188. The van der Waals surface area contributed by atoms with E-state index in [9.17, 15) is 0 Å². The van der Waals surface area contributed by atoms with E-state index >= 15 is 0 Å². The van der Waals surface area contributed by atoms with E-state index < -0.39 is 0 Å². The van der Waals surface area contributed by atoms with Crippen molar-refractivity contribution in [2.75, 3.05) is 17.2 Å².